The summed E-state index contributed by atoms with van der Waals surface area (Å²) in [5, 5.41) is 2.68. The molecule has 1 rings (SSSR count). The lowest BCUT2D eigenvalue weighted by Gasteiger charge is -2.08. The van der Waals surface area contributed by atoms with Crippen molar-refractivity contribution in [1.29, 1.82) is 0 Å². The van der Waals surface area contributed by atoms with Gasteiger partial charge in [0.25, 0.3) is 0 Å². The number of amides is 1. The van der Waals surface area contributed by atoms with E-state index in [1.165, 1.54) is 12.1 Å². The monoisotopic (exact) mass is 307 g/mol. The van der Waals surface area contributed by atoms with E-state index in [9.17, 15) is 14.0 Å². The van der Waals surface area contributed by atoms with Crippen LogP contribution in [0.3, 0.4) is 0 Å². The SMILES string of the molecule is CCC(=O)Nc1cc(F)cc(CCCCCC(=O)C(C)C)c1. The summed E-state index contributed by atoms with van der Waals surface area (Å²) in [6.07, 6.45) is 4.49. The third-order valence-corrected chi connectivity index (χ3v) is 3.60. The minimum absolute atomic E-state index is 0.105. The molecule has 1 amide bonds. The van der Waals surface area contributed by atoms with E-state index >= 15 is 0 Å². The molecule has 0 bridgehead atoms. The Morgan fingerprint density at radius 3 is 2.50 bits per heavy atom. The number of nitrogens with one attached hydrogen (secondary N) is 1. The molecule has 0 aliphatic heterocycles. The molecular weight excluding hydrogens is 281 g/mol. The van der Waals surface area contributed by atoms with Crippen LogP contribution in [0.25, 0.3) is 0 Å². The summed E-state index contributed by atoms with van der Waals surface area (Å²) >= 11 is 0. The first-order chi connectivity index (χ1) is 10.4. The van der Waals surface area contributed by atoms with Crippen molar-refractivity contribution >= 4 is 17.4 Å². The molecule has 0 heterocycles. The highest BCUT2D eigenvalue weighted by Gasteiger charge is 2.07. The van der Waals surface area contributed by atoms with Gasteiger partial charge in [-0.3, -0.25) is 9.59 Å². The Morgan fingerprint density at radius 2 is 1.86 bits per heavy atom. The van der Waals surface area contributed by atoms with Gasteiger partial charge in [0.05, 0.1) is 0 Å². The summed E-state index contributed by atoms with van der Waals surface area (Å²) in [6, 6.07) is 4.65. The number of benzene rings is 1. The van der Waals surface area contributed by atoms with Crippen LogP contribution >= 0.6 is 0 Å². The maximum Gasteiger partial charge on any atom is 0.224 e. The molecule has 0 radical (unpaired) electrons. The summed E-state index contributed by atoms with van der Waals surface area (Å²) in [7, 11) is 0. The summed E-state index contributed by atoms with van der Waals surface area (Å²) in [5.41, 5.74) is 1.39. The van der Waals surface area contributed by atoms with E-state index in [-0.39, 0.29) is 17.6 Å². The number of halogens is 1. The molecule has 4 heteroatoms. The van der Waals surface area contributed by atoms with Gasteiger partial charge in [-0.2, -0.15) is 0 Å². The molecule has 1 aromatic rings. The first-order valence-electron chi connectivity index (χ1n) is 8.04. The molecule has 3 nitrogen and oxygen atoms in total. The van der Waals surface area contributed by atoms with E-state index in [4.69, 9.17) is 0 Å². The highest BCUT2D eigenvalue weighted by atomic mass is 19.1. The fourth-order valence-electron chi connectivity index (χ4n) is 2.21. The van der Waals surface area contributed by atoms with Crippen LogP contribution in [0, 0.1) is 11.7 Å². The molecule has 0 spiro atoms. The molecule has 122 valence electrons. The topological polar surface area (TPSA) is 46.2 Å². The average Bonchev–Trinajstić information content (AvgIpc) is 2.45. The van der Waals surface area contributed by atoms with Gasteiger partial charge in [-0.25, -0.2) is 4.39 Å². The van der Waals surface area contributed by atoms with E-state index in [1.807, 2.05) is 19.9 Å². The summed E-state index contributed by atoms with van der Waals surface area (Å²) in [4.78, 5) is 22.9. The van der Waals surface area contributed by atoms with Crippen molar-refractivity contribution in [2.75, 3.05) is 5.32 Å². The average molecular weight is 307 g/mol. The van der Waals surface area contributed by atoms with Crippen LogP contribution in [0.1, 0.15) is 58.4 Å². The third kappa shape index (κ3) is 6.83. The molecule has 0 aliphatic rings. The maximum absolute atomic E-state index is 13.6. The smallest absolute Gasteiger partial charge is 0.224 e. The van der Waals surface area contributed by atoms with Crippen molar-refractivity contribution in [3.05, 3.63) is 29.6 Å². The van der Waals surface area contributed by atoms with Crippen LogP contribution in [0.5, 0.6) is 0 Å². The molecule has 0 aromatic heterocycles. The standard InChI is InChI=1S/C18H26FNO2/c1-4-18(22)20-16-11-14(10-15(19)12-16)8-6-5-7-9-17(21)13(2)3/h10-13H,4-9H2,1-3H3,(H,20,22). The molecule has 1 N–H and O–H groups in total. The zero-order valence-electron chi connectivity index (χ0n) is 13.7. The summed E-state index contributed by atoms with van der Waals surface area (Å²) < 4.78 is 13.6. The van der Waals surface area contributed by atoms with E-state index in [2.05, 4.69) is 5.32 Å². The third-order valence-electron chi connectivity index (χ3n) is 3.60. The highest BCUT2D eigenvalue weighted by Crippen LogP contribution is 2.17. The second kappa shape index (κ2) is 9.34. The first kappa shape index (κ1) is 18.3. The van der Waals surface area contributed by atoms with Crippen LogP contribution < -0.4 is 5.32 Å². The van der Waals surface area contributed by atoms with Crippen LogP contribution in [0.4, 0.5) is 10.1 Å². The Kier molecular flexibility index (Phi) is 7.78. The van der Waals surface area contributed by atoms with Crippen LogP contribution in [0.15, 0.2) is 18.2 Å². The van der Waals surface area contributed by atoms with E-state index < -0.39 is 0 Å². The van der Waals surface area contributed by atoms with Crippen molar-refractivity contribution in [1.82, 2.24) is 0 Å². The van der Waals surface area contributed by atoms with E-state index in [0.717, 1.165) is 31.2 Å². The second-order valence-electron chi connectivity index (χ2n) is 5.93. The number of anilines is 1. The number of aryl methyl sites for hydroxylation is 1. The Morgan fingerprint density at radius 1 is 1.14 bits per heavy atom. The molecule has 0 saturated heterocycles. The van der Waals surface area contributed by atoms with Crippen LogP contribution in [-0.2, 0) is 16.0 Å². The lowest BCUT2D eigenvalue weighted by molar-refractivity contribution is -0.122. The van der Waals surface area contributed by atoms with Gasteiger partial charge in [-0.15, -0.1) is 0 Å². The van der Waals surface area contributed by atoms with E-state index in [1.54, 1.807) is 6.92 Å². The van der Waals surface area contributed by atoms with Gasteiger partial charge in [0.15, 0.2) is 0 Å². The first-order valence-corrected chi connectivity index (χ1v) is 8.04. The van der Waals surface area contributed by atoms with Gasteiger partial charge in [-0.05, 0) is 43.0 Å². The molecule has 22 heavy (non-hydrogen) atoms. The number of hydrogen-bond donors (Lipinski definition) is 1. The molecule has 0 fully saturated rings. The molecule has 0 aliphatic carbocycles. The van der Waals surface area contributed by atoms with Crippen molar-refractivity contribution < 1.29 is 14.0 Å². The predicted molar refractivity (Wildman–Crippen MR) is 87.3 cm³/mol. The number of ketones is 1. The Labute approximate surface area is 132 Å². The zero-order valence-corrected chi connectivity index (χ0v) is 13.7. The summed E-state index contributed by atoms with van der Waals surface area (Å²) in [5.74, 6) is -0.0501. The zero-order chi connectivity index (χ0) is 16.5. The Bertz CT molecular complexity index is 512. The van der Waals surface area contributed by atoms with Gasteiger partial charge in [0.1, 0.15) is 11.6 Å². The van der Waals surface area contributed by atoms with Gasteiger partial charge in [0.2, 0.25) is 5.91 Å². The number of unbranched alkanes of at least 4 members (excludes halogenated alkanes) is 2. The number of carbonyl (C=O) groups excluding carboxylic acids is 2. The van der Waals surface area contributed by atoms with Gasteiger partial charge in [0, 0.05) is 24.4 Å². The quantitative estimate of drug-likeness (QED) is 0.683. The fraction of sp³-hybridized carbons (Fsp3) is 0.556. The second-order valence-corrected chi connectivity index (χ2v) is 5.93. The molecule has 0 saturated carbocycles. The highest BCUT2D eigenvalue weighted by molar-refractivity contribution is 5.90. The maximum atomic E-state index is 13.6. The summed E-state index contributed by atoms with van der Waals surface area (Å²) in [6.45, 7) is 5.59. The van der Waals surface area contributed by atoms with Gasteiger partial charge >= 0.3 is 0 Å². The van der Waals surface area contributed by atoms with Crippen LogP contribution in [0.2, 0.25) is 0 Å². The Hall–Kier alpha value is -1.71. The van der Waals surface area contributed by atoms with Crippen molar-refractivity contribution in [3.8, 4) is 0 Å². The van der Waals surface area contributed by atoms with E-state index in [0.29, 0.717) is 24.3 Å². The molecule has 0 atom stereocenters. The number of hydrogen-bond acceptors (Lipinski definition) is 2. The number of rotatable bonds is 9. The number of carbonyl (C=O) groups is 2. The van der Waals surface area contributed by atoms with Crippen molar-refractivity contribution in [2.24, 2.45) is 5.92 Å². The normalized spacial score (nSPS) is 10.8. The largest absolute Gasteiger partial charge is 0.326 e. The van der Waals surface area contributed by atoms with Crippen molar-refractivity contribution in [2.45, 2.75) is 59.3 Å². The molecule has 0 unspecified atom stereocenters. The minimum Gasteiger partial charge on any atom is -0.326 e. The Balaban J connectivity index is 2.42. The lowest BCUT2D eigenvalue weighted by atomic mass is 10.0. The number of Topliss-reactive ketones (excluding diaryl/α,β-unsaturated/α-hetero) is 1. The van der Waals surface area contributed by atoms with Gasteiger partial charge in [-0.1, -0.05) is 27.2 Å². The molecular formula is C18H26FNO2. The van der Waals surface area contributed by atoms with Gasteiger partial charge < -0.3 is 5.32 Å². The van der Waals surface area contributed by atoms with Crippen molar-refractivity contribution in [3.63, 3.8) is 0 Å². The minimum atomic E-state index is -0.334. The predicted octanol–water partition coefficient (Wildman–Crippen LogP) is 4.50. The molecule has 1 aromatic carbocycles. The lowest BCUT2D eigenvalue weighted by Crippen LogP contribution is -2.10. The fourth-order valence-corrected chi connectivity index (χ4v) is 2.21. The van der Waals surface area contributed by atoms with Crippen LogP contribution in [-0.4, -0.2) is 11.7 Å².